The van der Waals surface area contributed by atoms with E-state index in [2.05, 4.69) is 20.9 Å². The second-order valence-electron chi connectivity index (χ2n) is 4.10. The molecule has 1 atom stereocenters. The van der Waals surface area contributed by atoms with Crippen molar-refractivity contribution in [2.45, 2.75) is 12.0 Å². The number of aromatic nitrogens is 1. The minimum absolute atomic E-state index is 0.110. The zero-order chi connectivity index (χ0) is 12.6. The van der Waals surface area contributed by atoms with Gasteiger partial charge in [0.15, 0.2) is 17.7 Å². The lowest BCUT2D eigenvalue weighted by Crippen LogP contribution is -2.36. The van der Waals surface area contributed by atoms with Crippen LogP contribution < -0.4 is 10.5 Å². The van der Waals surface area contributed by atoms with Crippen LogP contribution in [-0.2, 0) is 0 Å². The van der Waals surface area contributed by atoms with E-state index in [0.717, 1.165) is 0 Å². The zero-order valence-electron chi connectivity index (χ0n) is 9.16. The van der Waals surface area contributed by atoms with Crippen molar-refractivity contribution >= 4 is 21.7 Å². The van der Waals surface area contributed by atoms with E-state index in [1.807, 2.05) is 0 Å². The fourth-order valence-corrected chi connectivity index (χ4v) is 2.06. The molecule has 2 N–H and O–H groups in total. The lowest BCUT2D eigenvalue weighted by Gasteiger charge is -2.20. The molecule has 1 aliphatic rings. The number of anilines is 1. The molecule has 0 unspecified atom stereocenters. The summed E-state index contributed by atoms with van der Waals surface area (Å²) < 4.78 is 33.0. The van der Waals surface area contributed by atoms with Gasteiger partial charge in [0.1, 0.15) is 0 Å². The second kappa shape index (κ2) is 4.38. The zero-order valence-corrected chi connectivity index (χ0v) is 10.7. The van der Waals surface area contributed by atoms with Crippen LogP contribution in [0.5, 0.6) is 5.75 Å². The SMILES string of the molecule is CN1C[C@H](Oc2cc(Br)cnc2N)C(F)(F)C1. The van der Waals surface area contributed by atoms with Crippen molar-refractivity contribution in [2.75, 3.05) is 25.9 Å². The minimum atomic E-state index is -2.87. The molecule has 0 aromatic carbocycles. The Balaban J connectivity index is 2.18. The van der Waals surface area contributed by atoms with E-state index in [1.54, 1.807) is 7.05 Å². The smallest absolute Gasteiger partial charge is 0.297 e. The number of hydrogen-bond donors (Lipinski definition) is 1. The third-order valence-electron chi connectivity index (χ3n) is 2.55. The van der Waals surface area contributed by atoms with Crippen LogP contribution in [0.3, 0.4) is 0 Å². The predicted octanol–water partition coefficient (Wildman–Crippen LogP) is 1.75. The third-order valence-corrected chi connectivity index (χ3v) is 2.98. The molecule has 1 fully saturated rings. The Bertz CT molecular complexity index is 430. The first-order chi connectivity index (χ1) is 7.88. The van der Waals surface area contributed by atoms with Gasteiger partial charge in [-0.05, 0) is 29.0 Å². The second-order valence-corrected chi connectivity index (χ2v) is 5.02. The number of halogens is 3. The number of hydrogen-bond acceptors (Lipinski definition) is 4. The third kappa shape index (κ3) is 2.66. The molecule has 0 amide bonds. The van der Waals surface area contributed by atoms with Crippen molar-refractivity contribution in [1.82, 2.24) is 9.88 Å². The van der Waals surface area contributed by atoms with E-state index in [1.165, 1.54) is 17.2 Å². The Morgan fingerprint density at radius 2 is 2.35 bits per heavy atom. The fourth-order valence-electron chi connectivity index (χ4n) is 1.75. The van der Waals surface area contributed by atoms with Gasteiger partial charge < -0.3 is 10.5 Å². The van der Waals surface area contributed by atoms with E-state index in [0.29, 0.717) is 4.47 Å². The lowest BCUT2D eigenvalue weighted by atomic mass is 10.2. The maximum atomic E-state index is 13.5. The molecule has 0 saturated carbocycles. The molecule has 4 nitrogen and oxygen atoms in total. The molecule has 2 rings (SSSR count). The highest BCUT2D eigenvalue weighted by Crippen LogP contribution is 2.32. The molecular weight excluding hydrogens is 296 g/mol. The summed E-state index contributed by atoms with van der Waals surface area (Å²) in [6, 6.07) is 1.54. The van der Waals surface area contributed by atoms with Crippen LogP contribution in [-0.4, -0.2) is 42.0 Å². The molecule has 1 aromatic heterocycles. The van der Waals surface area contributed by atoms with E-state index in [4.69, 9.17) is 10.5 Å². The van der Waals surface area contributed by atoms with E-state index in [-0.39, 0.29) is 24.7 Å². The molecule has 2 heterocycles. The standard InChI is InChI=1S/C10H12BrF2N3O/c1-16-4-8(10(12,13)5-16)17-7-2-6(11)3-15-9(7)14/h2-3,8H,4-5H2,1H3,(H2,14,15)/t8-/m0/s1. The number of alkyl halides is 2. The van der Waals surface area contributed by atoms with Gasteiger partial charge in [-0.1, -0.05) is 0 Å². The first-order valence-corrected chi connectivity index (χ1v) is 5.82. The van der Waals surface area contributed by atoms with Gasteiger partial charge in [-0.3, -0.25) is 4.90 Å². The molecule has 0 spiro atoms. The molecule has 17 heavy (non-hydrogen) atoms. The summed E-state index contributed by atoms with van der Waals surface area (Å²) >= 11 is 3.19. The van der Waals surface area contributed by atoms with E-state index in [9.17, 15) is 8.78 Å². The van der Waals surface area contributed by atoms with Crippen molar-refractivity contribution in [3.05, 3.63) is 16.7 Å². The van der Waals surface area contributed by atoms with Crippen molar-refractivity contribution in [2.24, 2.45) is 0 Å². The molecular formula is C10H12BrF2N3O. The number of rotatable bonds is 2. The Hall–Kier alpha value is -0.950. The maximum absolute atomic E-state index is 13.5. The average molecular weight is 308 g/mol. The van der Waals surface area contributed by atoms with Crippen molar-refractivity contribution < 1.29 is 13.5 Å². The Kier molecular flexibility index (Phi) is 3.22. The van der Waals surface area contributed by atoms with E-state index < -0.39 is 12.0 Å². The number of nitrogen functional groups attached to an aromatic ring is 1. The van der Waals surface area contributed by atoms with Crippen molar-refractivity contribution in [3.8, 4) is 5.75 Å². The number of likely N-dealkylation sites (N-methyl/N-ethyl adjacent to an activating group) is 1. The monoisotopic (exact) mass is 307 g/mol. The number of nitrogens with zero attached hydrogens (tertiary/aromatic N) is 2. The summed E-state index contributed by atoms with van der Waals surface area (Å²) in [6.07, 6.45) is 0.298. The largest absolute Gasteiger partial charge is 0.479 e. The van der Waals surface area contributed by atoms with Gasteiger partial charge in [0.2, 0.25) is 0 Å². The predicted molar refractivity (Wildman–Crippen MR) is 63.2 cm³/mol. The van der Waals surface area contributed by atoms with Gasteiger partial charge in [-0.2, -0.15) is 0 Å². The first-order valence-electron chi connectivity index (χ1n) is 5.02. The highest BCUT2D eigenvalue weighted by atomic mass is 79.9. The van der Waals surface area contributed by atoms with Crippen LogP contribution in [0.15, 0.2) is 16.7 Å². The molecule has 7 heteroatoms. The van der Waals surface area contributed by atoms with Gasteiger partial charge >= 0.3 is 0 Å². The summed E-state index contributed by atoms with van der Waals surface area (Å²) in [4.78, 5) is 5.36. The Labute approximate surface area is 106 Å². The molecule has 1 saturated heterocycles. The molecule has 94 valence electrons. The lowest BCUT2D eigenvalue weighted by molar-refractivity contribution is -0.0613. The molecule has 1 aliphatic heterocycles. The summed E-state index contributed by atoms with van der Waals surface area (Å²) in [6.45, 7) is -0.141. The Morgan fingerprint density at radius 3 is 2.94 bits per heavy atom. The summed E-state index contributed by atoms with van der Waals surface area (Å²) in [5.41, 5.74) is 5.58. The molecule has 1 aromatic rings. The maximum Gasteiger partial charge on any atom is 0.297 e. The van der Waals surface area contributed by atoms with Gasteiger partial charge in [0.25, 0.3) is 5.92 Å². The van der Waals surface area contributed by atoms with Crippen LogP contribution in [0.4, 0.5) is 14.6 Å². The van der Waals surface area contributed by atoms with Crippen LogP contribution >= 0.6 is 15.9 Å². The average Bonchev–Trinajstić information content (AvgIpc) is 2.46. The van der Waals surface area contributed by atoms with Crippen LogP contribution in [0.25, 0.3) is 0 Å². The molecule has 0 radical (unpaired) electrons. The normalized spacial score (nSPS) is 23.9. The highest BCUT2D eigenvalue weighted by molar-refractivity contribution is 9.10. The first kappa shape index (κ1) is 12.5. The Morgan fingerprint density at radius 1 is 1.65 bits per heavy atom. The van der Waals surface area contributed by atoms with Gasteiger partial charge in [0, 0.05) is 17.2 Å². The van der Waals surface area contributed by atoms with Crippen molar-refractivity contribution in [3.63, 3.8) is 0 Å². The highest BCUT2D eigenvalue weighted by Gasteiger charge is 2.48. The van der Waals surface area contributed by atoms with Crippen LogP contribution in [0.2, 0.25) is 0 Å². The number of ether oxygens (including phenoxy) is 1. The van der Waals surface area contributed by atoms with Gasteiger partial charge in [-0.25, -0.2) is 13.8 Å². The number of pyridine rings is 1. The van der Waals surface area contributed by atoms with Crippen molar-refractivity contribution in [1.29, 1.82) is 0 Å². The minimum Gasteiger partial charge on any atom is -0.479 e. The van der Waals surface area contributed by atoms with Crippen LogP contribution in [0.1, 0.15) is 0 Å². The van der Waals surface area contributed by atoms with Gasteiger partial charge in [-0.15, -0.1) is 0 Å². The van der Waals surface area contributed by atoms with Crippen LogP contribution in [0, 0.1) is 0 Å². The molecule has 0 aliphatic carbocycles. The quantitative estimate of drug-likeness (QED) is 0.904. The number of nitrogens with two attached hydrogens (primary N) is 1. The fraction of sp³-hybridized carbons (Fsp3) is 0.500. The summed E-state index contributed by atoms with van der Waals surface area (Å²) in [5.74, 6) is -2.58. The molecule has 0 bridgehead atoms. The van der Waals surface area contributed by atoms with E-state index >= 15 is 0 Å². The summed E-state index contributed by atoms with van der Waals surface area (Å²) in [5, 5.41) is 0. The van der Waals surface area contributed by atoms with Gasteiger partial charge in [0.05, 0.1) is 6.54 Å². The number of likely N-dealkylation sites (tertiary alicyclic amines) is 1. The topological polar surface area (TPSA) is 51.4 Å². The summed E-state index contributed by atoms with van der Waals surface area (Å²) in [7, 11) is 1.62.